The number of carbonyl (C=O) groups excluding carboxylic acids is 1. The minimum Gasteiger partial charge on any atom is -0.495 e. The van der Waals surface area contributed by atoms with Crippen LogP contribution in [0.25, 0.3) is 0 Å². The van der Waals surface area contributed by atoms with E-state index >= 15 is 0 Å². The number of thiophene rings is 1. The van der Waals surface area contributed by atoms with Crippen molar-refractivity contribution in [3.05, 3.63) is 15.3 Å². The van der Waals surface area contributed by atoms with Gasteiger partial charge in [0, 0.05) is 6.07 Å². The average molecular weight is 262 g/mol. The van der Waals surface area contributed by atoms with Gasteiger partial charge in [0.1, 0.15) is 10.6 Å². The lowest BCUT2D eigenvalue weighted by Crippen LogP contribution is -2.31. The zero-order valence-electron chi connectivity index (χ0n) is 9.03. The molecule has 1 aliphatic carbocycles. The maximum atomic E-state index is 12.1. The number of halogens is 1. The summed E-state index contributed by atoms with van der Waals surface area (Å²) in [7, 11) is 3.02. The standard InChI is InChI=1S/C10H12ClNO3S/c1-14-7-5-8(11)16-9(7)10(13)12(15-2)6-3-4-6/h5-6H,3-4H2,1-2H3. The van der Waals surface area contributed by atoms with Gasteiger partial charge in [0.2, 0.25) is 0 Å². The van der Waals surface area contributed by atoms with Gasteiger partial charge >= 0.3 is 0 Å². The first-order valence-electron chi connectivity index (χ1n) is 4.88. The van der Waals surface area contributed by atoms with E-state index in [2.05, 4.69) is 0 Å². The van der Waals surface area contributed by atoms with Crippen molar-refractivity contribution in [3.8, 4) is 5.75 Å². The summed E-state index contributed by atoms with van der Waals surface area (Å²) in [6.45, 7) is 0. The van der Waals surface area contributed by atoms with E-state index in [1.54, 1.807) is 6.07 Å². The molecular weight excluding hydrogens is 250 g/mol. The van der Waals surface area contributed by atoms with Gasteiger partial charge in [0.15, 0.2) is 0 Å². The van der Waals surface area contributed by atoms with Crippen LogP contribution in [0, 0.1) is 0 Å². The van der Waals surface area contributed by atoms with Crippen molar-refractivity contribution in [2.24, 2.45) is 0 Å². The highest BCUT2D eigenvalue weighted by Crippen LogP contribution is 2.36. The van der Waals surface area contributed by atoms with Gasteiger partial charge in [-0.25, -0.2) is 5.06 Å². The summed E-state index contributed by atoms with van der Waals surface area (Å²) < 4.78 is 5.64. The summed E-state index contributed by atoms with van der Waals surface area (Å²) >= 11 is 7.06. The fourth-order valence-corrected chi connectivity index (χ4v) is 2.57. The van der Waals surface area contributed by atoms with Crippen molar-refractivity contribution < 1.29 is 14.4 Å². The summed E-state index contributed by atoms with van der Waals surface area (Å²) in [5, 5.41) is 1.39. The minimum atomic E-state index is -0.182. The Kier molecular flexibility index (Phi) is 3.37. The maximum Gasteiger partial charge on any atom is 0.291 e. The van der Waals surface area contributed by atoms with E-state index in [9.17, 15) is 4.79 Å². The number of ether oxygens (including phenoxy) is 1. The SMILES string of the molecule is COc1cc(Cl)sc1C(=O)N(OC)C1CC1. The molecule has 0 aliphatic heterocycles. The van der Waals surface area contributed by atoms with Crippen LogP contribution >= 0.6 is 22.9 Å². The Labute approximate surface area is 103 Å². The smallest absolute Gasteiger partial charge is 0.291 e. The van der Waals surface area contributed by atoms with Crippen LogP contribution in [-0.2, 0) is 4.84 Å². The maximum absolute atomic E-state index is 12.1. The Bertz CT molecular complexity index is 403. The van der Waals surface area contributed by atoms with Gasteiger partial charge in [-0.3, -0.25) is 9.63 Å². The van der Waals surface area contributed by atoms with Crippen molar-refractivity contribution in [2.75, 3.05) is 14.2 Å². The van der Waals surface area contributed by atoms with Gasteiger partial charge in [0.25, 0.3) is 5.91 Å². The van der Waals surface area contributed by atoms with Crippen LogP contribution in [0.15, 0.2) is 6.07 Å². The Hall–Kier alpha value is -0.780. The van der Waals surface area contributed by atoms with E-state index in [0.717, 1.165) is 12.8 Å². The molecule has 0 unspecified atom stereocenters. The van der Waals surface area contributed by atoms with E-state index in [4.69, 9.17) is 21.2 Å². The molecule has 1 fully saturated rings. The molecule has 0 atom stereocenters. The number of hydroxylamine groups is 2. The van der Waals surface area contributed by atoms with E-state index in [1.165, 1.54) is 30.6 Å². The molecule has 1 heterocycles. The van der Waals surface area contributed by atoms with Crippen LogP contribution < -0.4 is 4.74 Å². The minimum absolute atomic E-state index is 0.182. The van der Waals surface area contributed by atoms with Gasteiger partial charge < -0.3 is 4.74 Å². The molecule has 0 bridgehead atoms. The fraction of sp³-hybridized carbons (Fsp3) is 0.500. The van der Waals surface area contributed by atoms with Crippen molar-refractivity contribution in [2.45, 2.75) is 18.9 Å². The average Bonchev–Trinajstić information content (AvgIpc) is 3.02. The third kappa shape index (κ3) is 2.16. The van der Waals surface area contributed by atoms with Crippen LogP contribution in [0.5, 0.6) is 5.75 Å². The van der Waals surface area contributed by atoms with Crippen molar-refractivity contribution in [1.82, 2.24) is 5.06 Å². The lowest BCUT2D eigenvalue weighted by molar-refractivity contribution is -0.101. The molecule has 0 spiro atoms. The number of methoxy groups -OCH3 is 1. The molecule has 16 heavy (non-hydrogen) atoms. The largest absolute Gasteiger partial charge is 0.495 e. The Balaban J connectivity index is 2.24. The first-order chi connectivity index (χ1) is 7.67. The second-order valence-electron chi connectivity index (χ2n) is 3.49. The third-order valence-corrected chi connectivity index (χ3v) is 3.59. The predicted molar refractivity (Wildman–Crippen MR) is 62.1 cm³/mol. The number of rotatable bonds is 4. The zero-order valence-corrected chi connectivity index (χ0v) is 10.6. The van der Waals surface area contributed by atoms with Gasteiger partial charge in [-0.15, -0.1) is 11.3 Å². The Morgan fingerprint density at radius 2 is 2.25 bits per heavy atom. The van der Waals surface area contributed by atoms with Crippen molar-refractivity contribution >= 4 is 28.8 Å². The normalized spacial score (nSPS) is 14.9. The second kappa shape index (κ2) is 4.61. The number of nitrogens with zero attached hydrogens (tertiary/aromatic N) is 1. The van der Waals surface area contributed by atoms with Crippen LogP contribution in [0.3, 0.4) is 0 Å². The van der Waals surface area contributed by atoms with Crippen LogP contribution in [-0.4, -0.2) is 31.2 Å². The molecule has 6 heteroatoms. The van der Waals surface area contributed by atoms with E-state index in [-0.39, 0.29) is 11.9 Å². The second-order valence-corrected chi connectivity index (χ2v) is 5.18. The van der Waals surface area contributed by atoms with Gasteiger partial charge in [0.05, 0.1) is 24.6 Å². The Morgan fingerprint density at radius 1 is 1.56 bits per heavy atom. The number of amides is 1. The predicted octanol–water partition coefficient (Wildman–Crippen LogP) is 2.58. The molecule has 1 saturated carbocycles. The molecule has 4 nitrogen and oxygen atoms in total. The van der Waals surface area contributed by atoms with Gasteiger partial charge in [-0.05, 0) is 12.8 Å². The van der Waals surface area contributed by atoms with Crippen LogP contribution in [0.2, 0.25) is 4.34 Å². The zero-order chi connectivity index (χ0) is 11.7. The molecule has 2 rings (SSSR count). The molecule has 88 valence electrons. The first-order valence-corrected chi connectivity index (χ1v) is 6.07. The monoisotopic (exact) mass is 261 g/mol. The van der Waals surface area contributed by atoms with Crippen LogP contribution in [0.1, 0.15) is 22.5 Å². The Morgan fingerprint density at radius 3 is 2.75 bits per heavy atom. The molecule has 1 aromatic rings. The van der Waals surface area contributed by atoms with Crippen molar-refractivity contribution in [1.29, 1.82) is 0 Å². The quantitative estimate of drug-likeness (QED) is 0.782. The third-order valence-electron chi connectivity index (χ3n) is 2.36. The molecular formula is C10H12ClNO3S. The van der Waals surface area contributed by atoms with Gasteiger partial charge in [-0.2, -0.15) is 0 Å². The highest BCUT2D eigenvalue weighted by Gasteiger charge is 2.35. The topological polar surface area (TPSA) is 38.8 Å². The van der Waals surface area contributed by atoms with E-state index < -0.39 is 0 Å². The highest BCUT2D eigenvalue weighted by molar-refractivity contribution is 7.18. The van der Waals surface area contributed by atoms with E-state index in [1.807, 2.05) is 0 Å². The van der Waals surface area contributed by atoms with Gasteiger partial charge in [-0.1, -0.05) is 11.6 Å². The first kappa shape index (κ1) is 11.7. The van der Waals surface area contributed by atoms with Crippen LogP contribution in [0.4, 0.5) is 0 Å². The molecule has 1 aromatic heterocycles. The molecule has 0 saturated heterocycles. The summed E-state index contributed by atoms with van der Waals surface area (Å²) in [4.78, 5) is 17.7. The molecule has 0 N–H and O–H groups in total. The number of carbonyl (C=O) groups is 1. The molecule has 0 aromatic carbocycles. The van der Waals surface area contributed by atoms with E-state index in [0.29, 0.717) is 15.0 Å². The molecule has 1 aliphatic rings. The molecule has 0 radical (unpaired) electrons. The lowest BCUT2D eigenvalue weighted by Gasteiger charge is -2.18. The highest BCUT2D eigenvalue weighted by atomic mass is 35.5. The number of hydrogen-bond acceptors (Lipinski definition) is 4. The summed E-state index contributed by atoms with van der Waals surface area (Å²) in [5.74, 6) is 0.321. The summed E-state index contributed by atoms with van der Waals surface area (Å²) in [6, 6.07) is 1.84. The number of hydrogen-bond donors (Lipinski definition) is 0. The molecule has 1 amide bonds. The summed E-state index contributed by atoms with van der Waals surface area (Å²) in [6.07, 6.45) is 1.97. The summed E-state index contributed by atoms with van der Waals surface area (Å²) in [5.41, 5.74) is 0. The fourth-order valence-electron chi connectivity index (χ4n) is 1.45. The van der Waals surface area contributed by atoms with Crippen molar-refractivity contribution in [3.63, 3.8) is 0 Å². The lowest BCUT2D eigenvalue weighted by atomic mass is 10.4.